The number of hydrogen-bond donors (Lipinski definition) is 0. The average molecular weight is 401 g/mol. The molecule has 0 saturated carbocycles. The van der Waals surface area contributed by atoms with Crippen LogP contribution in [0.3, 0.4) is 0 Å². The molecule has 136 valence electrons. The van der Waals surface area contributed by atoms with E-state index in [9.17, 15) is 8.78 Å². The molecule has 27 heavy (non-hydrogen) atoms. The van der Waals surface area contributed by atoms with Crippen LogP contribution in [0.1, 0.15) is 16.6 Å². The summed E-state index contributed by atoms with van der Waals surface area (Å²) in [6.07, 6.45) is 0. The third kappa shape index (κ3) is 3.57. The number of imidazole rings is 1. The molecule has 0 spiro atoms. The van der Waals surface area contributed by atoms with Gasteiger partial charge in [0.2, 0.25) is 0 Å². The SMILES string of the molecule is Cn1c(C(Sc2ccc(Cl)cc2)c2cc(F)ccc2F)nc2ccccc21. The minimum atomic E-state index is -0.515. The summed E-state index contributed by atoms with van der Waals surface area (Å²) >= 11 is 7.38. The van der Waals surface area contributed by atoms with Crippen LogP contribution in [-0.2, 0) is 7.05 Å². The van der Waals surface area contributed by atoms with Crippen molar-refractivity contribution in [3.8, 4) is 0 Å². The molecule has 0 fully saturated rings. The van der Waals surface area contributed by atoms with Crippen molar-refractivity contribution in [3.05, 3.63) is 94.8 Å². The topological polar surface area (TPSA) is 17.8 Å². The third-order valence-corrected chi connectivity index (χ3v) is 5.86. The first-order chi connectivity index (χ1) is 13.0. The lowest BCUT2D eigenvalue weighted by molar-refractivity contribution is 0.585. The van der Waals surface area contributed by atoms with E-state index in [1.807, 2.05) is 48.0 Å². The molecule has 1 atom stereocenters. The summed E-state index contributed by atoms with van der Waals surface area (Å²) < 4.78 is 30.4. The number of benzene rings is 3. The number of thioether (sulfide) groups is 1. The van der Waals surface area contributed by atoms with E-state index in [1.165, 1.54) is 17.8 Å². The zero-order valence-electron chi connectivity index (χ0n) is 14.4. The van der Waals surface area contributed by atoms with Gasteiger partial charge in [0.25, 0.3) is 0 Å². The molecule has 4 rings (SSSR count). The molecular formula is C21H15ClF2N2S. The van der Waals surface area contributed by atoms with Gasteiger partial charge in [-0.05, 0) is 54.6 Å². The average Bonchev–Trinajstić information content (AvgIpc) is 3.00. The standard InChI is InChI=1S/C21H15ClF2N2S/c1-26-19-5-3-2-4-18(19)25-21(26)20(16-12-14(23)8-11-17(16)24)27-15-9-6-13(22)7-10-15/h2-12,20H,1H3. The van der Waals surface area contributed by atoms with E-state index in [1.54, 1.807) is 12.1 Å². The summed E-state index contributed by atoms with van der Waals surface area (Å²) in [6, 6.07) is 18.5. The molecule has 6 heteroatoms. The van der Waals surface area contributed by atoms with Crippen molar-refractivity contribution in [2.45, 2.75) is 10.1 Å². The number of hydrogen-bond acceptors (Lipinski definition) is 2. The normalized spacial score (nSPS) is 12.4. The van der Waals surface area contributed by atoms with E-state index in [-0.39, 0.29) is 5.56 Å². The van der Waals surface area contributed by atoms with Crippen molar-refractivity contribution >= 4 is 34.4 Å². The van der Waals surface area contributed by atoms with Crippen molar-refractivity contribution in [1.82, 2.24) is 9.55 Å². The molecule has 1 heterocycles. The molecule has 0 N–H and O–H groups in total. The fraction of sp³-hybridized carbons (Fsp3) is 0.0952. The minimum Gasteiger partial charge on any atom is -0.330 e. The first-order valence-electron chi connectivity index (χ1n) is 8.31. The highest BCUT2D eigenvalue weighted by Crippen LogP contribution is 2.42. The van der Waals surface area contributed by atoms with E-state index >= 15 is 0 Å². The van der Waals surface area contributed by atoms with Crippen LogP contribution in [0.4, 0.5) is 8.78 Å². The molecular weight excluding hydrogens is 386 g/mol. The van der Waals surface area contributed by atoms with E-state index in [4.69, 9.17) is 16.6 Å². The number of aromatic nitrogens is 2. The number of aryl methyl sites for hydroxylation is 1. The maximum atomic E-state index is 14.6. The largest absolute Gasteiger partial charge is 0.330 e. The molecule has 0 aliphatic heterocycles. The Kier molecular flexibility index (Phi) is 4.89. The summed E-state index contributed by atoms with van der Waals surface area (Å²) in [5, 5.41) is 0.106. The van der Waals surface area contributed by atoms with Gasteiger partial charge in [-0.2, -0.15) is 0 Å². The highest BCUT2D eigenvalue weighted by atomic mass is 35.5. The fourth-order valence-corrected chi connectivity index (χ4v) is 4.33. The van der Waals surface area contributed by atoms with Gasteiger partial charge in [-0.1, -0.05) is 23.7 Å². The second kappa shape index (κ2) is 7.33. The molecule has 0 saturated heterocycles. The molecule has 3 aromatic carbocycles. The summed E-state index contributed by atoms with van der Waals surface area (Å²) in [6.45, 7) is 0. The zero-order chi connectivity index (χ0) is 19.0. The van der Waals surface area contributed by atoms with Crippen molar-refractivity contribution in [2.75, 3.05) is 0 Å². The van der Waals surface area contributed by atoms with Crippen molar-refractivity contribution in [3.63, 3.8) is 0 Å². The first-order valence-corrected chi connectivity index (χ1v) is 9.57. The van der Waals surface area contributed by atoms with E-state index in [0.29, 0.717) is 10.8 Å². The Hall–Kier alpha value is -2.37. The zero-order valence-corrected chi connectivity index (χ0v) is 15.9. The van der Waals surface area contributed by atoms with Crippen molar-refractivity contribution in [1.29, 1.82) is 0 Å². The molecule has 0 aliphatic rings. The predicted octanol–water partition coefficient (Wildman–Crippen LogP) is 6.39. The van der Waals surface area contributed by atoms with Gasteiger partial charge in [0.1, 0.15) is 17.5 Å². The van der Waals surface area contributed by atoms with Gasteiger partial charge in [0.15, 0.2) is 0 Å². The highest BCUT2D eigenvalue weighted by Gasteiger charge is 2.25. The Bertz CT molecular complexity index is 1110. The monoisotopic (exact) mass is 400 g/mol. The number of fused-ring (bicyclic) bond motifs is 1. The van der Waals surface area contributed by atoms with Gasteiger partial charge in [-0.3, -0.25) is 0 Å². The number of halogens is 3. The summed E-state index contributed by atoms with van der Waals surface area (Å²) in [7, 11) is 1.89. The van der Waals surface area contributed by atoms with Gasteiger partial charge in [0, 0.05) is 22.5 Å². The van der Waals surface area contributed by atoms with Crippen molar-refractivity contribution in [2.24, 2.45) is 7.05 Å². The second-order valence-electron chi connectivity index (χ2n) is 6.14. The van der Waals surface area contributed by atoms with Crippen LogP contribution < -0.4 is 0 Å². The van der Waals surface area contributed by atoms with Crippen LogP contribution in [-0.4, -0.2) is 9.55 Å². The molecule has 0 radical (unpaired) electrons. The van der Waals surface area contributed by atoms with E-state index in [0.717, 1.165) is 28.1 Å². The molecule has 2 nitrogen and oxygen atoms in total. The molecule has 0 aliphatic carbocycles. The van der Waals surface area contributed by atoms with Crippen LogP contribution in [0.15, 0.2) is 71.6 Å². The maximum Gasteiger partial charge on any atom is 0.128 e. The Labute approximate surface area is 164 Å². The van der Waals surface area contributed by atoms with E-state index in [2.05, 4.69) is 0 Å². The molecule has 4 aromatic rings. The quantitative estimate of drug-likeness (QED) is 0.369. The smallest absolute Gasteiger partial charge is 0.128 e. The minimum absolute atomic E-state index is 0.258. The van der Waals surface area contributed by atoms with Gasteiger partial charge < -0.3 is 4.57 Å². The lowest BCUT2D eigenvalue weighted by atomic mass is 10.1. The highest BCUT2D eigenvalue weighted by molar-refractivity contribution is 7.99. The van der Waals surface area contributed by atoms with E-state index < -0.39 is 16.9 Å². The summed E-state index contributed by atoms with van der Waals surface area (Å²) in [5.74, 6) is -0.289. The number of para-hydroxylation sites is 2. The summed E-state index contributed by atoms with van der Waals surface area (Å²) in [5.41, 5.74) is 2.01. The van der Waals surface area contributed by atoms with Gasteiger partial charge in [-0.25, -0.2) is 13.8 Å². The predicted molar refractivity (Wildman–Crippen MR) is 106 cm³/mol. The fourth-order valence-electron chi connectivity index (χ4n) is 3.02. The first kappa shape index (κ1) is 18.0. The Balaban J connectivity index is 1.87. The molecule has 1 unspecified atom stereocenters. The molecule has 0 amide bonds. The van der Waals surface area contributed by atoms with Gasteiger partial charge in [0.05, 0.1) is 16.3 Å². The van der Waals surface area contributed by atoms with Gasteiger partial charge >= 0.3 is 0 Å². The lowest BCUT2D eigenvalue weighted by Crippen LogP contribution is -2.07. The van der Waals surface area contributed by atoms with Crippen LogP contribution in [0.2, 0.25) is 5.02 Å². The molecule has 1 aromatic heterocycles. The van der Waals surface area contributed by atoms with Crippen LogP contribution >= 0.6 is 23.4 Å². The Morgan fingerprint density at radius 1 is 1.00 bits per heavy atom. The van der Waals surface area contributed by atoms with Crippen LogP contribution in [0.5, 0.6) is 0 Å². The van der Waals surface area contributed by atoms with Crippen molar-refractivity contribution < 1.29 is 8.78 Å². The Morgan fingerprint density at radius 3 is 2.48 bits per heavy atom. The van der Waals surface area contributed by atoms with Crippen LogP contribution in [0, 0.1) is 11.6 Å². The lowest BCUT2D eigenvalue weighted by Gasteiger charge is -2.18. The number of rotatable bonds is 4. The number of nitrogens with zero attached hydrogens (tertiary/aromatic N) is 2. The summed E-state index contributed by atoms with van der Waals surface area (Å²) in [4.78, 5) is 5.59. The van der Waals surface area contributed by atoms with Crippen LogP contribution in [0.25, 0.3) is 11.0 Å². The maximum absolute atomic E-state index is 14.6. The van der Waals surface area contributed by atoms with Gasteiger partial charge in [-0.15, -0.1) is 11.8 Å². The molecule has 0 bridgehead atoms. The Morgan fingerprint density at radius 2 is 1.74 bits per heavy atom. The second-order valence-corrected chi connectivity index (χ2v) is 7.75. The third-order valence-electron chi connectivity index (χ3n) is 4.36.